The maximum Gasteiger partial charge on any atom is 0.328 e. The summed E-state index contributed by atoms with van der Waals surface area (Å²) in [5, 5.41) is 2.62. The molecular weight excluding hydrogens is 230 g/mol. The summed E-state index contributed by atoms with van der Waals surface area (Å²) in [6.45, 7) is 7.51. The predicted octanol–water partition coefficient (Wildman–Crippen LogP) is 1.98. The molecule has 0 saturated heterocycles. The van der Waals surface area contributed by atoms with Crippen LogP contribution < -0.4 is 5.32 Å². The minimum Gasteiger partial charge on any atom is -0.464 e. The van der Waals surface area contributed by atoms with E-state index in [0.717, 1.165) is 11.1 Å². The van der Waals surface area contributed by atoms with Crippen LogP contribution in [0.25, 0.3) is 0 Å². The first kappa shape index (κ1) is 14.2. The molecule has 0 bridgehead atoms. The standard InChI is InChI=1S/C14H19NO3/c1-5-18-14(17)11(4)15-13(16)12-7-9(2)6-10(3)8-12/h6-8,11H,5H2,1-4H3,(H,15,16). The van der Waals surface area contributed by atoms with Crippen molar-refractivity contribution >= 4 is 11.9 Å². The van der Waals surface area contributed by atoms with Gasteiger partial charge in [0.1, 0.15) is 6.04 Å². The molecule has 98 valence electrons. The zero-order valence-corrected chi connectivity index (χ0v) is 11.2. The lowest BCUT2D eigenvalue weighted by Gasteiger charge is -2.13. The van der Waals surface area contributed by atoms with Gasteiger partial charge in [-0.05, 0) is 39.8 Å². The number of carbonyl (C=O) groups excluding carboxylic acids is 2. The van der Waals surface area contributed by atoms with Crippen molar-refractivity contribution in [2.45, 2.75) is 33.7 Å². The lowest BCUT2D eigenvalue weighted by Crippen LogP contribution is -2.39. The Hall–Kier alpha value is -1.84. The van der Waals surface area contributed by atoms with Crippen LogP contribution in [-0.4, -0.2) is 24.5 Å². The molecule has 0 spiro atoms. The Morgan fingerprint density at radius 1 is 1.22 bits per heavy atom. The van der Waals surface area contributed by atoms with Crippen molar-refractivity contribution in [1.29, 1.82) is 0 Å². The number of hydrogen-bond donors (Lipinski definition) is 1. The zero-order valence-electron chi connectivity index (χ0n) is 11.2. The third kappa shape index (κ3) is 3.87. The first-order valence-corrected chi connectivity index (χ1v) is 5.99. The highest BCUT2D eigenvalue weighted by Crippen LogP contribution is 2.09. The summed E-state index contributed by atoms with van der Waals surface area (Å²) >= 11 is 0. The summed E-state index contributed by atoms with van der Waals surface area (Å²) in [5.41, 5.74) is 2.59. The van der Waals surface area contributed by atoms with Crippen molar-refractivity contribution in [3.63, 3.8) is 0 Å². The fourth-order valence-corrected chi connectivity index (χ4v) is 1.71. The van der Waals surface area contributed by atoms with Gasteiger partial charge in [-0.1, -0.05) is 17.2 Å². The molecule has 1 atom stereocenters. The molecule has 0 aliphatic carbocycles. The van der Waals surface area contributed by atoms with Gasteiger partial charge in [-0.15, -0.1) is 0 Å². The second-order valence-corrected chi connectivity index (χ2v) is 4.32. The van der Waals surface area contributed by atoms with E-state index in [-0.39, 0.29) is 5.91 Å². The summed E-state index contributed by atoms with van der Waals surface area (Å²) < 4.78 is 4.83. The highest BCUT2D eigenvalue weighted by molar-refractivity contribution is 5.97. The smallest absolute Gasteiger partial charge is 0.328 e. The summed E-state index contributed by atoms with van der Waals surface area (Å²) in [5.74, 6) is -0.683. The van der Waals surface area contributed by atoms with Gasteiger partial charge in [0.25, 0.3) is 5.91 Å². The number of esters is 1. The molecule has 4 heteroatoms. The average Bonchev–Trinajstić information content (AvgIpc) is 2.27. The van der Waals surface area contributed by atoms with Gasteiger partial charge in [0.2, 0.25) is 0 Å². The normalized spacial score (nSPS) is 11.8. The number of hydrogen-bond acceptors (Lipinski definition) is 3. The third-order valence-corrected chi connectivity index (χ3v) is 2.47. The molecule has 4 nitrogen and oxygen atoms in total. The summed E-state index contributed by atoms with van der Waals surface area (Å²) in [7, 11) is 0. The fraction of sp³-hybridized carbons (Fsp3) is 0.429. The number of ether oxygens (including phenoxy) is 1. The van der Waals surface area contributed by atoms with Crippen LogP contribution in [0.15, 0.2) is 18.2 Å². The monoisotopic (exact) mass is 249 g/mol. The van der Waals surface area contributed by atoms with Crippen LogP contribution in [0.2, 0.25) is 0 Å². The second-order valence-electron chi connectivity index (χ2n) is 4.32. The van der Waals surface area contributed by atoms with E-state index in [0.29, 0.717) is 12.2 Å². The number of nitrogens with one attached hydrogen (secondary N) is 1. The molecule has 1 aromatic rings. The van der Waals surface area contributed by atoms with E-state index >= 15 is 0 Å². The molecule has 0 radical (unpaired) electrons. The molecule has 18 heavy (non-hydrogen) atoms. The maximum atomic E-state index is 11.9. The molecule has 1 amide bonds. The van der Waals surface area contributed by atoms with Crippen LogP contribution in [0.5, 0.6) is 0 Å². The Labute approximate surface area is 107 Å². The Bertz CT molecular complexity index is 434. The molecule has 0 heterocycles. The van der Waals surface area contributed by atoms with Crippen molar-refractivity contribution in [2.24, 2.45) is 0 Å². The third-order valence-electron chi connectivity index (χ3n) is 2.47. The van der Waals surface area contributed by atoms with E-state index in [1.165, 1.54) is 0 Å². The van der Waals surface area contributed by atoms with Crippen molar-refractivity contribution in [1.82, 2.24) is 5.32 Å². The van der Waals surface area contributed by atoms with Gasteiger partial charge < -0.3 is 10.1 Å². The second kappa shape index (κ2) is 6.19. The SMILES string of the molecule is CCOC(=O)C(C)NC(=O)c1cc(C)cc(C)c1. The van der Waals surface area contributed by atoms with Crippen LogP contribution >= 0.6 is 0 Å². The number of rotatable bonds is 4. The molecule has 0 aromatic heterocycles. The van der Waals surface area contributed by atoms with Gasteiger partial charge in [0.15, 0.2) is 0 Å². The summed E-state index contributed by atoms with van der Waals surface area (Å²) in [4.78, 5) is 23.4. The first-order chi connectivity index (χ1) is 8.43. The van der Waals surface area contributed by atoms with E-state index in [9.17, 15) is 9.59 Å². The molecule has 1 N–H and O–H groups in total. The largest absolute Gasteiger partial charge is 0.464 e. The van der Waals surface area contributed by atoms with Crippen LogP contribution in [0.4, 0.5) is 0 Å². The molecule has 0 aliphatic rings. The Kier molecular flexibility index (Phi) is 4.89. The maximum absolute atomic E-state index is 11.9. The summed E-state index contributed by atoms with van der Waals surface area (Å²) in [6, 6.07) is 4.93. The molecule has 0 aliphatic heterocycles. The molecule has 0 fully saturated rings. The van der Waals surface area contributed by atoms with E-state index in [1.807, 2.05) is 19.9 Å². The molecule has 1 rings (SSSR count). The van der Waals surface area contributed by atoms with E-state index < -0.39 is 12.0 Å². The zero-order chi connectivity index (χ0) is 13.7. The Morgan fingerprint density at radius 3 is 2.28 bits per heavy atom. The van der Waals surface area contributed by atoms with E-state index in [4.69, 9.17) is 4.74 Å². The number of carbonyl (C=O) groups is 2. The minimum absolute atomic E-state index is 0.262. The minimum atomic E-state index is -0.640. The average molecular weight is 249 g/mol. The molecular formula is C14H19NO3. The highest BCUT2D eigenvalue weighted by Gasteiger charge is 2.17. The first-order valence-electron chi connectivity index (χ1n) is 5.99. The van der Waals surface area contributed by atoms with Gasteiger partial charge in [-0.3, -0.25) is 4.79 Å². The van der Waals surface area contributed by atoms with Gasteiger partial charge >= 0.3 is 5.97 Å². The highest BCUT2D eigenvalue weighted by atomic mass is 16.5. The van der Waals surface area contributed by atoms with Crippen molar-refractivity contribution < 1.29 is 14.3 Å². The molecule has 1 aromatic carbocycles. The quantitative estimate of drug-likeness (QED) is 0.830. The van der Waals surface area contributed by atoms with Crippen LogP contribution in [-0.2, 0) is 9.53 Å². The van der Waals surface area contributed by atoms with E-state index in [2.05, 4.69) is 5.32 Å². The van der Waals surface area contributed by atoms with Crippen molar-refractivity contribution in [3.05, 3.63) is 34.9 Å². The van der Waals surface area contributed by atoms with Crippen molar-refractivity contribution in [3.8, 4) is 0 Å². The van der Waals surface area contributed by atoms with Crippen LogP contribution in [0.3, 0.4) is 0 Å². The predicted molar refractivity (Wildman–Crippen MR) is 69.5 cm³/mol. The van der Waals surface area contributed by atoms with Gasteiger partial charge in [0.05, 0.1) is 6.61 Å². The topological polar surface area (TPSA) is 55.4 Å². The lowest BCUT2D eigenvalue weighted by molar-refractivity contribution is -0.144. The molecule has 0 saturated carbocycles. The van der Waals surface area contributed by atoms with Crippen LogP contribution in [0, 0.1) is 13.8 Å². The molecule has 1 unspecified atom stereocenters. The van der Waals surface area contributed by atoms with Crippen molar-refractivity contribution in [2.75, 3.05) is 6.61 Å². The number of benzene rings is 1. The van der Waals surface area contributed by atoms with E-state index in [1.54, 1.807) is 26.0 Å². The van der Waals surface area contributed by atoms with Gasteiger partial charge in [-0.2, -0.15) is 0 Å². The summed E-state index contributed by atoms with van der Waals surface area (Å²) in [6.07, 6.45) is 0. The van der Waals surface area contributed by atoms with Crippen LogP contribution in [0.1, 0.15) is 35.3 Å². The lowest BCUT2D eigenvalue weighted by atomic mass is 10.1. The Morgan fingerprint density at radius 2 is 1.78 bits per heavy atom. The number of aryl methyl sites for hydroxylation is 2. The van der Waals surface area contributed by atoms with Gasteiger partial charge in [0, 0.05) is 5.56 Å². The fourth-order valence-electron chi connectivity index (χ4n) is 1.71. The van der Waals surface area contributed by atoms with Gasteiger partial charge in [-0.25, -0.2) is 4.79 Å². The Balaban J connectivity index is 2.73. The number of amides is 1.